The second-order valence-corrected chi connectivity index (χ2v) is 25.9. The summed E-state index contributed by atoms with van der Waals surface area (Å²) in [5.74, 6) is -0.829. The van der Waals surface area contributed by atoms with Crippen LogP contribution in [0.3, 0.4) is 0 Å². The van der Waals surface area contributed by atoms with E-state index in [9.17, 15) is 19.0 Å². The lowest BCUT2D eigenvalue weighted by atomic mass is 10.0. The van der Waals surface area contributed by atoms with Crippen LogP contribution in [0.2, 0.25) is 0 Å². The average Bonchev–Trinajstić information content (AvgIpc) is 3.61. The quantitative estimate of drug-likeness (QED) is 0.0195. The van der Waals surface area contributed by atoms with Gasteiger partial charge in [-0.3, -0.25) is 14.2 Å². The number of ether oxygens (including phenoxy) is 2. The van der Waals surface area contributed by atoms with E-state index in [1.807, 2.05) is 21.1 Å². The molecule has 0 rings (SSSR count). The van der Waals surface area contributed by atoms with Crippen LogP contribution in [0.5, 0.6) is 0 Å². The molecular formula is C74H132NO8P. The molecule has 2 unspecified atom stereocenters. The van der Waals surface area contributed by atoms with Crippen molar-refractivity contribution in [2.75, 3.05) is 47.5 Å². The summed E-state index contributed by atoms with van der Waals surface area (Å²) in [6.45, 7) is 4.14. The van der Waals surface area contributed by atoms with Gasteiger partial charge in [0.2, 0.25) is 0 Å². The maximum Gasteiger partial charge on any atom is 0.306 e. The van der Waals surface area contributed by atoms with Crippen LogP contribution in [-0.2, 0) is 32.7 Å². The van der Waals surface area contributed by atoms with Crippen molar-refractivity contribution in [3.8, 4) is 0 Å². The number of hydrogen-bond acceptors (Lipinski definition) is 8. The molecule has 0 aliphatic rings. The van der Waals surface area contributed by atoms with Gasteiger partial charge in [-0.1, -0.05) is 297 Å². The van der Waals surface area contributed by atoms with E-state index in [2.05, 4.69) is 111 Å². The lowest BCUT2D eigenvalue weighted by molar-refractivity contribution is -0.870. The Morgan fingerprint density at radius 3 is 1.01 bits per heavy atom. The van der Waals surface area contributed by atoms with Crippen molar-refractivity contribution in [3.63, 3.8) is 0 Å². The van der Waals surface area contributed by atoms with Crippen molar-refractivity contribution in [1.29, 1.82) is 0 Å². The molecule has 0 spiro atoms. The third-order valence-corrected chi connectivity index (χ3v) is 16.1. The molecule has 486 valence electrons. The van der Waals surface area contributed by atoms with Crippen molar-refractivity contribution >= 4 is 19.8 Å². The Kier molecular flexibility index (Phi) is 62.1. The molecule has 0 heterocycles. The van der Waals surface area contributed by atoms with Gasteiger partial charge in [0.1, 0.15) is 19.8 Å². The first-order valence-electron chi connectivity index (χ1n) is 34.9. The maximum atomic E-state index is 12.9. The zero-order valence-electron chi connectivity index (χ0n) is 55.3. The standard InChI is InChI=1S/C74H132NO8P/c1-6-8-10-12-14-16-18-20-22-24-26-28-30-32-33-34-35-36-37-38-39-40-41-43-45-47-49-51-53-55-57-59-61-63-65-67-74(77)83-72(71-82-84(78,79)81-69-68-75(3,4)5)70-80-73(76)66-64-62-60-58-56-54-52-50-48-46-44-42-31-29-27-25-23-21-19-17-15-13-11-9-7-2/h8,10,14,16,19-22,25-28,31-33,42,72H,6-7,9,11-13,15,17-18,23-24,29-30,34-41,43-71H2,1-5H3/b10-8-,16-14-,21-19-,22-20-,27-25-,28-26-,33-32-,42-31-. The van der Waals surface area contributed by atoms with Crippen LogP contribution in [0.25, 0.3) is 0 Å². The Labute approximate surface area is 519 Å². The van der Waals surface area contributed by atoms with E-state index in [-0.39, 0.29) is 32.0 Å². The highest BCUT2D eigenvalue weighted by Crippen LogP contribution is 2.38. The van der Waals surface area contributed by atoms with E-state index < -0.39 is 26.5 Å². The average molecular weight is 1190 g/mol. The van der Waals surface area contributed by atoms with E-state index in [1.165, 1.54) is 186 Å². The molecular weight excluding hydrogens is 1060 g/mol. The number of esters is 2. The molecule has 0 saturated carbocycles. The zero-order chi connectivity index (χ0) is 61.2. The second kappa shape index (κ2) is 64.4. The van der Waals surface area contributed by atoms with Gasteiger partial charge in [-0.15, -0.1) is 0 Å². The first kappa shape index (κ1) is 80.9. The summed E-state index contributed by atoms with van der Waals surface area (Å²) in [4.78, 5) is 38.1. The van der Waals surface area contributed by atoms with E-state index >= 15 is 0 Å². The predicted molar refractivity (Wildman–Crippen MR) is 360 cm³/mol. The van der Waals surface area contributed by atoms with E-state index in [4.69, 9.17) is 18.5 Å². The van der Waals surface area contributed by atoms with Crippen LogP contribution in [-0.4, -0.2) is 70.0 Å². The Morgan fingerprint density at radius 1 is 0.381 bits per heavy atom. The third-order valence-electron chi connectivity index (χ3n) is 15.1. The number of unbranched alkanes of at least 4 members (excludes halogenated alkanes) is 34. The molecule has 0 amide bonds. The van der Waals surface area contributed by atoms with Crippen molar-refractivity contribution in [2.24, 2.45) is 0 Å². The fourth-order valence-electron chi connectivity index (χ4n) is 9.75. The van der Waals surface area contributed by atoms with Crippen LogP contribution >= 0.6 is 7.82 Å². The molecule has 0 aliphatic carbocycles. The molecule has 0 aromatic carbocycles. The summed E-state index contributed by atoms with van der Waals surface area (Å²) in [5.41, 5.74) is 0. The lowest BCUT2D eigenvalue weighted by Crippen LogP contribution is -2.37. The van der Waals surface area contributed by atoms with Gasteiger partial charge >= 0.3 is 11.9 Å². The van der Waals surface area contributed by atoms with Gasteiger partial charge in [0.15, 0.2) is 6.10 Å². The third kappa shape index (κ3) is 68.0. The van der Waals surface area contributed by atoms with Crippen molar-refractivity contribution in [3.05, 3.63) is 97.2 Å². The minimum absolute atomic E-state index is 0.0334. The zero-order valence-corrected chi connectivity index (χ0v) is 56.2. The Bertz CT molecular complexity index is 1740. The Morgan fingerprint density at radius 2 is 0.679 bits per heavy atom. The summed E-state index contributed by atoms with van der Waals surface area (Å²) in [5, 5.41) is 0. The minimum atomic E-state index is -4.65. The molecule has 84 heavy (non-hydrogen) atoms. The SMILES string of the molecule is CC/C=C\C/C=C\C/C=C\C/C=C\C/C=C\CCCCCCCCCCCCCCCCCCCCCC(=O)OC(COC(=O)CCCCCCCCCCCC/C=C\C/C=C\C/C=C\CCCCCCC)COP(=O)([O-])OCC[N+](C)(C)C. The van der Waals surface area contributed by atoms with E-state index in [1.54, 1.807) is 0 Å². The number of allylic oxidation sites excluding steroid dienone is 16. The fourth-order valence-corrected chi connectivity index (χ4v) is 10.5. The molecule has 0 aromatic rings. The maximum absolute atomic E-state index is 12.9. The van der Waals surface area contributed by atoms with Gasteiger partial charge in [-0.25, -0.2) is 0 Å². The highest BCUT2D eigenvalue weighted by atomic mass is 31.2. The summed E-state index contributed by atoms with van der Waals surface area (Å²) in [6.07, 6.45) is 89.1. The van der Waals surface area contributed by atoms with Crippen molar-refractivity contribution < 1.29 is 42.1 Å². The molecule has 0 bridgehead atoms. The second-order valence-electron chi connectivity index (χ2n) is 24.5. The fraction of sp³-hybridized carbons (Fsp3) is 0.757. The van der Waals surface area contributed by atoms with E-state index in [0.717, 1.165) is 89.9 Å². The first-order chi connectivity index (χ1) is 41.0. The molecule has 0 radical (unpaired) electrons. The van der Waals surface area contributed by atoms with Crippen LogP contribution in [0.15, 0.2) is 97.2 Å². The summed E-state index contributed by atoms with van der Waals surface area (Å²) < 4.78 is 34.3. The van der Waals surface area contributed by atoms with Gasteiger partial charge < -0.3 is 27.9 Å². The van der Waals surface area contributed by atoms with Crippen LogP contribution in [0.1, 0.15) is 309 Å². The number of carbonyl (C=O) groups excluding carboxylic acids is 2. The summed E-state index contributed by atoms with van der Waals surface area (Å²) in [6, 6.07) is 0. The highest BCUT2D eigenvalue weighted by molar-refractivity contribution is 7.45. The molecule has 10 heteroatoms. The van der Waals surface area contributed by atoms with Gasteiger partial charge in [0, 0.05) is 12.8 Å². The smallest absolute Gasteiger partial charge is 0.306 e. The number of nitrogens with zero attached hydrogens (tertiary/aromatic N) is 1. The number of likely N-dealkylation sites (N-methyl/N-ethyl adjacent to an activating group) is 1. The van der Waals surface area contributed by atoms with Crippen LogP contribution in [0.4, 0.5) is 0 Å². The number of hydrogen-bond donors (Lipinski definition) is 0. The largest absolute Gasteiger partial charge is 0.756 e. The molecule has 0 aliphatic heterocycles. The number of carbonyl (C=O) groups is 2. The molecule has 0 N–H and O–H groups in total. The Hall–Kier alpha value is -3.07. The Balaban J connectivity index is 4.03. The number of phosphoric ester groups is 1. The minimum Gasteiger partial charge on any atom is -0.756 e. The molecule has 0 aromatic heterocycles. The van der Waals surface area contributed by atoms with Crippen molar-refractivity contribution in [2.45, 2.75) is 315 Å². The normalized spacial score (nSPS) is 13.7. The van der Waals surface area contributed by atoms with Gasteiger partial charge in [-0.2, -0.15) is 0 Å². The number of quaternary nitrogens is 1. The van der Waals surface area contributed by atoms with Crippen LogP contribution in [0, 0.1) is 0 Å². The van der Waals surface area contributed by atoms with Gasteiger partial charge in [0.25, 0.3) is 7.82 Å². The first-order valence-corrected chi connectivity index (χ1v) is 36.4. The topological polar surface area (TPSA) is 111 Å². The van der Waals surface area contributed by atoms with Crippen LogP contribution < -0.4 is 4.89 Å². The summed E-state index contributed by atoms with van der Waals surface area (Å²) in [7, 11) is 1.17. The number of rotatable bonds is 64. The molecule has 2 atom stereocenters. The predicted octanol–water partition coefficient (Wildman–Crippen LogP) is 22.1. The van der Waals surface area contributed by atoms with Crippen molar-refractivity contribution in [1.82, 2.24) is 0 Å². The molecule has 9 nitrogen and oxygen atoms in total. The summed E-state index contributed by atoms with van der Waals surface area (Å²) >= 11 is 0. The monoisotopic (exact) mass is 1190 g/mol. The molecule has 0 fully saturated rings. The highest BCUT2D eigenvalue weighted by Gasteiger charge is 2.22. The van der Waals surface area contributed by atoms with E-state index in [0.29, 0.717) is 17.4 Å². The molecule has 0 saturated heterocycles. The number of phosphoric acid groups is 1. The van der Waals surface area contributed by atoms with Gasteiger partial charge in [-0.05, 0) is 96.3 Å². The lowest BCUT2D eigenvalue weighted by Gasteiger charge is -2.28. The van der Waals surface area contributed by atoms with Gasteiger partial charge in [0.05, 0.1) is 27.7 Å².